The van der Waals surface area contributed by atoms with Crippen LogP contribution in [0, 0.1) is 11.8 Å². The van der Waals surface area contributed by atoms with E-state index in [1.165, 1.54) is 18.2 Å². The van der Waals surface area contributed by atoms with Crippen LogP contribution in [-0.2, 0) is 9.59 Å². The molecule has 1 aliphatic carbocycles. The first-order valence-electron chi connectivity index (χ1n) is 6.36. The first kappa shape index (κ1) is 14.0. The lowest BCUT2D eigenvalue weighted by atomic mass is 9.95. The van der Waals surface area contributed by atoms with Gasteiger partial charge in [0.05, 0.1) is 17.4 Å². The molecule has 1 aromatic carbocycles. The van der Waals surface area contributed by atoms with Crippen LogP contribution in [-0.4, -0.2) is 28.1 Å². The Balaban J connectivity index is 2.09. The normalized spacial score (nSPS) is 21.4. The Bertz CT molecular complexity index is 554. The van der Waals surface area contributed by atoms with E-state index in [9.17, 15) is 14.4 Å². The topological polar surface area (TPSA) is 104 Å². The van der Waals surface area contributed by atoms with Crippen molar-refractivity contribution < 1.29 is 24.6 Å². The number of carboxylic acids is 2. The number of aromatic carboxylic acids is 1. The maximum absolute atomic E-state index is 12.1. The van der Waals surface area contributed by atoms with Crippen LogP contribution >= 0.6 is 0 Å². The maximum atomic E-state index is 12.1. The van der Waals surface area contributed by atoms with E-state index in [4.69, 9.17) is 10.2 Å². The summed E-state index contributed by atoms with van der Waals surface area (Å²) in [6.07, 6.45) is 1.76. The smallest absolute Gasteiger partial charge is 0.335 e. The average Bonchev–Trinajstić information content (AvgIpc) is 2.88. The predicted octanol–water partition coefficient (Wildman–Crippen LogP) is 1.82. The van der Waals surface area contributed by atoms with Gasteiger partial charge in [0.1, 0.15) is 0 Å². The molecule has 1 aliphatic rings. The van der Waals surface area contributed by atoms with Crippen LogP contribution in [0.4, 0.5) is 5.69 Å². The van der Waals surface area contributed by atoms with Gasteiger partial charge < -0.3 is 15.5 Å². The highest BCUT2D eigenvalue weighted by Crippen LogP contribution is 2.32. The molecule has 0 aliphatic heterocycles. The molecule has 0 aromatic heterocycles. The van der Waals surface area contributed by atoms with Crippen molar-refractivity contribution in [3.8, 4) is 0 Å². The standard InChI is InChI=1S/C14H15NO5/c16-12(10-5-2-6-11(10)14(19)20)15-9-4-1-3-8(7-9)13(17)18/h1,3-4,7,10-11H,2,5-6H2,(H,15,16)(H,17,18)(H,19,20)/t10-,11+/m1/s1. The van der Waals surface area contributed by atoms with Gasteiger partial charge in [-0.15, -0.1) is 0 Å². The molecule has 1 fully saturated rings. The molecule has 0 unspecified atom stereocenters. The minimum Gasteiger partial charge on any atom is -0.481 e. The summed E-state index contributed by atoms with van der Waals surface area (Å²) in [5.74, 6) is -3.61. The molecule has 2 atom stereocenters. The van der Waals surface area contributed by atoms with Crippen molar-refractivity contribution in [1.82, 2.24) is 0 Å². The Morgan fingerprint density at radius 3 is 2.45 bits per heavy atom. The van der Waals surface area contributed by atoms with Crippen LogP contribution in [0.2, 0.25) is 0 Å². The van der Waals surface area contributed by atoms with Gasteiger partial charge in [-0.1, -0.05) is 12.5 Å². The van der Waals surface area contributed by atoms with E-state index < -0.39 is 23.8 Å². The fraction of sp³-hybridized carbons (Fsp3) is 0.357. The zero-order chi connectivity index (χ0) is 14.7. The van der Waals surface area contributed by atoms with Crippen molar-refractivity contribution in [2.45, 2.75) is 19.3 Å². The largest absolute Gasteiger partial charge is 0.481 e. The second-order valence-electron chi connectivity index (χ2n) is 4.86. The maximum Gasteiger partial charge on any atom is 0.335 e. The third kappa shape index (κ3) is 2.96. The lowest BCUT2D eigenvalue weighted by Gasteiger charge is -2.15. The number of amides is 1. The molecule has 3 N–H and O–H groups in total. The van der Waals surface area contributed by atoms with E-state index >= 15 is 0 Å². The lowest BCUT2D eigenvalue weighted by Crippen LogP contribution is -2.30. The van der Waals surface area contributed by atoms with Crippen molar-refractivity contribution in [2.75, 3.05) is 5.32 Å². The van der Waals surface area contributed by atoms with Gasteiger partial charge in [0.25, 0.3) is 0 Å². The molecule has 1 amide bonds. The molecule has 20 heavy (non-hydrogen) atoms. The molecule has 6 heteroatoms. The van der Waals surface area contributed by atoms with Crippen LogP contribution in [0.25, 0.3) is 0 Å². The first-order chi connectivity index (χ1) is 9.49. The molecule has 1 saturated carbocycles. The van der Waals surface area contributed by atoms with Crippen molar-refractivity contribution in [3.05, 3.63) is 29.8 Å². The number of carbonyl (C=O) groups is 3. The zero-order valence-corrected chi connectivity index (χ0v) is 10.7. The van der Waals surface area contributed by atoms with Crippen molar-refractivity contribution >= 4 is 23.5 Å². The minimum atomic E-state index is -1.08. The summed E-state index contributed by atoms with van der Waals surface area (Å²) < 4.78 is 0. The monoisotopic (exact) mass is 277 g/mol. The molecule has 0 heterocycles. The van der Waals surface area contributed by atoms with E-state index in [0.717, 1.165) is 0 Å². The van der Waals surface area contributed by atoms with E-state index in [1.54, 1.807) is 6.07 Å². The van der Waals surface area contributed by atoms with Gasteiger partial charge in [0.15, 0.2) is 0 Å². The van der Waals surface area contributed by atoms with E-state index in [1.807, 2.05) is 0 Å². The summed E-state index contributed by atoms with van der Waals surface area (Å²) in [6, 6.07) is 5.88. The summed E-state index contributed by atoms with van der Waals surface area (Å²) in [5, 5.41) is 20.5. The average molecular weight is 277 g/mol. The molecule has 1 aromatic rings. The fourth-order valence-electron chi connectivity index (χ4n) is 2.53. The van der Waals surface area contributed by atoms with Gasteiger partial charge in [-0.05, 0) is 31.0 Å². The Kier molecular flexibility index (Phi) is 4.02. The molecule has 0 bridgehead atoms. The van der Waals surface area contributed by atoms with Crippen LogP contribution in [0.5, 0.6) is 0 Å². The van der Waals surface area contributed by atoms with Gasteiger partial charge in [0, 0.05) is 5.69 Å². The fourth-order valence-corrected chi connectivity index (χ4v) is 2.53. The summed E-state index contributed by atoms with van der Waals surface area (Å²) in [7, 11) is 0. The number of carbonyl (C=O) groups excluding carboxylic acids is 1. The SMILES string of the molecule is O=C(O)c1cccc(NC(=O)[C@@H]2CCC[C@@H]2C(=O)O)c1. The molecule has 0 radical (unpaired) electrons. The molecule has 2 rings (SSSR count). The number of aliphatic carboxylic acids is 1. The Hall–Kier alpha value is -2.37. The van der Waals surface area contributed by atoms with Crippen LogP contribution in [0.1, 0.15) is 29.6 Å². The summed E-state index contributed by atoms with van der Waals surface area (Å²) in [5.41, 5.74) is 0.440. The van der Waals surface area contributed by atoms with E-state index in [-0.39, 0.29) is 11.5 Å². The quantitative estimate of drug-likeness (QED) is 0.778. The van der Waals surface area contributed by atoms with E-state index in [2.05, 4.69) is 5.32 Å². The molecule has 0 spiro atoms. The number of hydrogen-bond acceptors (Lipinski definition) is 3. The van der Waals surface area contributed by atoms with Crippen LogP contribution in [0.3, 0.4) is 0 Å². The third-order valence-corrected chi connectivity index (χ3v) is 3.55. The summed E-state index contributed by atoms with van der Waals surface area (Å²) in [4.78, 5) is 34.0. The lowest BCUT2D eigenvalue weighted by molar-refractivity contribution is -0.145. The van der Waals surface area contributed by atoms with Crippen LogP contribution in [0.15, 0.2) is 24.3 Å². The predicted molar refractivity (Wildman–Crippen MR) is 70.5 cm³/mol. The van der Waals surface area contributed by atoms with Gasteiger partial charge in [-0.3, -0.25) is 9.59 Å². The molecular formula is C14H15NO5. The number of nitrogens with one attached hydrogen (secondary N) is 1. The molecule has 6 nitrogen and oxygen atoms in total. The Labute approximate surface area is 115 Å². The number of carboxylic acid groups (broad SMARTS) is 2. The highest BCUT2D eigenvalue weighted by atomic mass is 16.4. The van der Waals surface area contributed by atoms with Crippen molar-refractivity contribution in [2.24, 2.45) is 11.8 Å². The number of hydrogen-bond donors (Lipinski definition) is 3. The zero-order valence-electron chi connectivity index (χ0n) is 10.7. The first-order valence-corrected chi connectivity index (χ1v) is 6.36. The van der Waals surface area contributed by atoms with Gasteiger partial charge in [-0.25, -0.2) is 4.79 Å². The second kappa shape index (κ2) is 5.73. The molecule has 0 saturated heterocycles. The minimum absolute atomic E-state index is 0.0732. The van der Waals surface area contributed by atoms with E-state index in [0.29, 0.717) is 24.9 Å². The van der Waals surface area contributed by atoms with Crippen molar-refractivity contribution in [3.63, 3.8) is 0 Å². The molecular weight excluding hydrogens is 262 g/mol. The summed E-state index contributed by atoms with van der Waals surface area (Å²) >= 11 is 0. The van der Waals surface area contributed by atoms with Gasteiger partial charge in [-0.2, -0.15) is 0 Å². The number of benzene rings is 1. The summed E-state index contributed by atoms with van der Waals surface area (Å²) in [6.45, 7) is 0. The third-order valence-electron chi connectivity index (χ3n) is 3.55. The Morgan fingerprint density at radius 1 is 1.10 bits per heavy atom. The van der Waals surface area contributed by atoms with Gasteiger partial charge in [0.2, 0.25) is 5.91 Å². The van der Waals surface area contributed by atoms with Crippen molar-refractivity contribution in [1.29, 1.82) is 0 Å². The Morgan fingerprint density at radius 2 is 1.80 bits per heavy atom. The number of anilines is 1. The van der Waals surface area contributed by atoms with Gasteiger partial charge >= 0.3 is 11.9 Å². The number of rotatable bonds is 4. The van der Waals surface area contributed by atoms with Crippen LogP contribution < -0.4 is 5.32 Å². The highest BCUT2D eigenvalue weighted by molar-refractivity contribution is 5.97. The highest BCUT2D eigenvalue weighted by Gasteiger charge is 2.37. The second-order valence-corrected chi connectivity index (χ2v) is 4.86. The molecule has 106 valence electrons.